The molecular weight excluding hydrogens is 404 g/mol. The second-order valence-electron chi connectivity index (χ2n) is 8.03. The van der Waals surface area contributed by atoms with Gasteiger partial charge in [-0.2, -0.15) is 0 Å². The number of methoxy groups -OCH3 is 2. The van der Waals surface area contributed by atoms with Gasteiger partial charge in [0.25, 0.3) is 11.4 Å². The van der Waals surface area contributed by atoms with Crippen LogP contribution in [0.25, 0.3) is 0 Å². The minimum absolute atomic E-state index is 0.00752. The number of nitrogens with two attached hydrogens (primary N) is 1. The van der Waals surface area contributed by atoms with Crippen molar-refractivity contribution >= 4 is 11.4 Å². The van der Waals surface area contributed by atoms with E-state index in [0.29, 0.717) is 30.9 Å². The lowest BCUT2D eigenvalue weighted by Crippen LogP contribution is -2.38. The zero-order chi connectivity index (χ0) is 23.2. The average molecular weight is 432 g/mol. The highest BCUT2D eigenvalue weighted by Gasteiger charge is 2.25. The van der Waals surface area contributed by atoms with E-state index in [2.05, 4.69) is 0 Å². The number of hydrogen-bond donors (Lipinski definition) is 1. The van der Waals surface area contributed by atoms with Crippen molar-refractivity contribution < 1.29 is 19.3 Å². The molecule has 0 aliphatic rings. The Kier molecular flexibility index (Phi) is 7.89. The van der Waals surface area contributed by atoms with Crippen LogP contribution in [0.2, 0.25) is 0 Å². The van der Waals surface area contributed by atoms with Gasteiger partial charge in [0.15, 0.2) is 11.5 Å². The molecule has 0 amide bonds. The second kappa shape index (κ2) is 10.2. The Hall–Kier alpha value is -3.24. The van der Waals surface area contributed by atoms with Crippen molar-refractivity contribution in [2.75, 3.05) is 27.3 Å². The molecule has 2 N–H and O–H groups in total. The van der Waals surface area contributed by atoms with Gasteiger partial charge in [-0.25, -0.2) is 0 Å². The Morgan fingerprint density at radius 2 is 1.55 bits per heavy atom. The highest BCUT2D eigenvalue weighted by Crippen LogP contribution is 2.35. The van der Waals surface area contributed by atoms with Crippen molar-refractivity contribution in [3.63, 3.8) is 0 Å². The van der Waals surface area contributed by atoms with Crippen molar-refractivity contribution in [1.29, 1.82) is 0 Å². The fraction of sp³-hybridized carbons (Fsp3) is 0.429. The summed E-state index contributed by atoms with van der Waals surface area (Å²) in [6, 6.07) is 9.22. The first-order valence-electron chi connectivity index (χ1n) is 9.65. The molecule has 0 aliphatic heterocycles. The van der Waals surface area contributed by atoms with E-state index < -0.39 is 9.85 Å². The first-order chi connectivity index (χ1) is 14.6. The van der Waals surface area contributed by atoms with Gasteiger partial charge in [0, 0.05) is 37.3 Å². The lowest BCUT2D eigenvalue weighted by molar-refractivity contribution is -0.385. The first-order valence-corrected chi connectivity index (χ1v) is 9.65. The summed E-state index contributed by atoms with van der Waals surface area (Å²) in [5.41, 5.74) is 6.92. The van der Waals surface area contributed by atoms with E-state index in [9.17, 15) is 20.2 Å². The maximum absolute atomic E-state index is 11.7. The van der Waals surface area contributed by atoms with E-state index in [0.717, 1.165) is 5.56 Å². The third-order valence-corrected chi connectivity index (χ3v) is 4.93. The van der Waals surface area contributed by atoms with E-state index in [-0.39, 0.29) is 29.1 Å². The molecule has 0 unspecified atom stereocenters. The Balaban J connectivity index is 2.40. The van der Waals surface area contributed by atoms with Crippen LogP contribution >= 0.6 is 0 Å². The minimum atomic E-state index is -0.452. The predicted molar refractivity (Wildman–Crippen MR) is 116 cm³/mol. The normalized spacial score (nSPS) is 11.4. The van der Waals surface area contributed by atoms with Crippen LogP contribution in [0.1, 0.15) is 25.0 Å². The highest BCUT2D eigenvalue weighted by molar-refractivity contribution is 5.54. The number of benzene rings is 2. The van der Waals surface area contributed by atoms with Crippen LogP contribution in [0.15, 0.2) is 36.4 Å². The first kappa shape index (κ1) is 24.0. The van der Waals surface area contributed by atoms with Crippen molar-refractivity contribution in [1.82, 2.24) is 4.90 Å². The molecule has 2 rings (SSSR count). The Labute approximate surface area is 180 Å². The van der Waals surface area contributed by atoms with E-state index in [1.807, 2.05) is 18.7 Å². The van der Waals surface area contributed by atoms with Crippen LogP contribution in [0, 0.1) is 25.6 Å². The van der Waals surface area contributed by atoms with Crippen LogP contribution < -0.4 is 15.2 Å². The van der Waals surface area contributed by atoms with Gasteiger partial charge >= 0.3 is 0 Å². The SMILES string of the molecule is COc1cc(CN(Cc2ccc([N+](=O)[O-])cc2)CC(C)(C)CN)c([N+](=O)[O-])cc1OC. The summed E-state index contributed by atoms with van der Waals surface area (Å²) in [5.74, 6) is 0.679. The van der Waals surface area contributed by atoms with Crippen LogP contribution in [-0.4, -0.2) is 42.1 Å². The number of nitro groups is 2. The van der Waals surface area contributed by atoms with E-state index in [1.165, 1.54) is 32.4 Å². The van der Waals surface area contributed by atoms with Gasteiger partial charge in [-0.15, -0.1) is 0 Å². The number of non-ortho nitro benzene ring substituents is 1. The molecule has 31 heavy (non-hydrogen) atoms. The quantitative estimate of drug-likeness (QED) is 0.421. The van der Waals surface area contributed by atoms with E-state index >= 15 is 0 Å². The predicted octanol–water partition coefficient (Wildman–Crippen LogP) is 3.51. The second-order valence-corrected chi connectivity index (χ2v) is 8.03. The number of nitrogens with zero attached hydrogens (tertiary/aromatic N) is 3. The molecule has 0 saturated heterocycles. The molecule has 0 atom stereocenters. The number of ether oxygens (including phenoxy) is 2. The van der Waals surface area contributed by atoms with Gasteiger partial charge in [0.2, 0.25) is 0 Å². The van der Waals surface area contributed by atoms with Gasteiger partial charge in [-0.05, 0) is 23.6 Å². The third-order valence-electron chi connectivity index (χ3n) is 4.93. The standard InChI is InChI=1S/C21H28N4O6/c1-21(2,13-22)14-23(11-15-5-7-17(8-6-15)24(26)27)12-16-9-19(30-3)20(31-4)10-18(16)25(28)29/h5-10H,11-14,22H2,1-4H3. The summed E-state index contributed by atoms with van der Waals surface area (Å²) < 4.78 is 10.5. The number of hydrogen-bond acceptors (Lipinski definition) is 8. The Morgan fingerprint density at radius 3 is 2.03 bits per heavy atom. The smallest absolute Gasteiger partial charge is 0.277 e. The molecule has 0 spiro atoms. The van der Waals surface area contributed by atoms with Crippen molar-refractivity contribution in [3.05, 3.63) is 67.8 Å². The van der Waals surface area contributed by atoms with Gasteiger partial charge in [0.05, 0.1) is 30.1 Å². The van der Waals surface area contributed by atoms with Crippen LogP contribution in [0.5, 0.6) is 11.5 Å². The zero-order valence-electron chi connectivity index (χ0n) is 18.2. The Morgan fingerprint density at radius 1 is 0.968 bits per heavy atom. The van der Waals surface area contributed by atoms with Gasteiger partial charge in [-0.1, -0.05) is 26.0 Å². The minimum Gasteiger partial charge on any atom is -0.493 e. The summed E-state index contributed by atoms with van der Waals surface area (Å²) in [7, 11) is 2.89. The van der Waals surface area contributed by atoms with Crippen LogP contribution in [0.4, 0.5) is 11.4 Å². The van der Waals surface area contributed by atoms with Crippen molar-refractivity contribution in [2.24, 2.45) is 11.1 Å². The summed E-state index contributed by atoms with van der Waals surface area (Å²) in [6.07, 6.45) is 0. The molecule has 0 fully saturated rings. The molecule has 0 saturated carbocycles. The fourth-order valence-electron chi connectivity index (χ4n) is 3.27. The zero-order valence-corrected chi connectivity index (χ0v) is 18.2. The summed E-state index contributed by atoms with van der Waals surface area (Å²) in [6.45, 7) is 5.71. The molecule has 0 bridgehead atoms. The Bertz CT molecular complexity index is 930. The summed E-state index contributed by atoms with van der Waals surface area (Å²) in [4.78, 5) is 23.7. The maximum Gasteiger partial charge on any atom is 0.277 e. The summed E-state index contributed by atoms with van der Waals surface area (Å²) in [5, 5.41) is 22.6. The molecule has 2 aromatic carbocycles. The van der Waals surface area contributed by atoms with Crippen LogP contribution in [-0.2, 0) is 13.1 Å². The van der Waals surface area contributed by atoms with Gasteiger partial charge < -0.3 is 15.2 Å². The molecule has 0 aromatic heterocycles. The lowest BCUT2D eigenvalue weighted by Gasteiger charge is -2.32. The molecule has 168 valence electrons. The molecule has 0 heterocycles. The van der Waals surface area contributed by atoms with Gasteiger partial charge in [0.1, 0.15) is 0 Å². The van der Waals surface area contributed by atoms with Crippen molar-refractivity contribution in [2.45, 2.75) is 26.9 Å². The molecule has 2 aromatic rings. The molecule has 10 heteroatoms. The van der Waals surface area contributed by atoms with Crippen LogP contribution in [0.3, 0.4) is 0 Å². The monoisotopic (exact) mass is 432 g/mol. The molecule has 0 radical (unpaired) electrons. The van der Waals surface area contributed by atoms with E-state index in [4.69, 9.17) is 15.2 Å². The largest absolute Gasteiger partial charge is 0.493 e. The molecule has 0 aliphatic carbocycles. The molecule has 10 nitrogen and oxygen atoms in total. The number of nitro benzene ring substituents is 2. The van der Waals surface area contributed by atoms with Crippen molar-refractivity contribution in [3.8, 4) is 11.5 Å². The molecular formula is C21H28N4O6. The van der Waals surface area contributed by atoms with Gasteiger partial charge in [-0.3, -0.25) is 25.1 Å². The topological polar surface area (TPSA) is 134 Å². The third kappa shape index (κ3) is 6.37. The lowest BCUT2D eigenvalue weighted by atomic mass is 9.92. The maximum atomic E-state index is 11.7. The van der Waals surface area contributed by atoms with E-state index in [1.54, 1.807) is 18.2 Å². The number of rotatable bonds is 11. The fourth-order valence-corrected chi connectivity index (χ4v) is 3.27. The average Bonchev–Trinajstić information content (AvgIpc) is 2.73. The highest BCUT2D eigenvalue weighted by atomic mass is 16.6. The summed E-state index contributed by atoms with van der Waals surface area (Å²) >= 11 is 0.